The summed E-state index contributed by atoms with van der Waals surface area (Å²) in [5.74, 6) is 1.95. The van der Waals surface area contributed by atoms with Crippen LogP contribution in [0.3, 0.4) is 0 Å². The third kappa shape index (κ3) is 5.21. The normalized spacial score (nSPS) is 16.5. The van der Waals surface area contributed by atoms with E-state index in [-0.39, 0.29) is 11.8 Å². The quantitative estimate of drug-likeness (QED) is 0.139. The molecule has 1 atom stereocenters. The number of carbonyl (C=O) groups is 1. The predicted molar refractivity (Wildman–Crippen MR) is 169 cm³/mol. The number of aromatic nitrogens is 1. The second-order valence-electron chi connectivity index (χ2n) is 11.2. The molecule has 7 heteroatoms. The summed E-state index contributed by atoms with van der Waals surface area (Å²) < 4.78 is 12.4. The minimum atomic E-state index is -0.0821. The first-order valence-electron chi connectivity index (χ1n) is 14.8. The highest BCUT2D eigenvalue weighted by Gasteiger charge is 2.35. The Balaban J connectivity index is 1.16. The molecule has 2 aliphatic heterocycles. The van der Waals surface area contributed by atoms with Gasteiger partial charge in [-0.15, -0.1) is 11.6 Å². The van der Waals surface area contributed by atoms with Crippen LogP contribution in [0.15, 0.2) is 84.9 Å². The summed E-state index contributed by atoms with van der Waals surface area (Å²) in [6, 6.07) is 28.2. The largest absolute Gasteiger partial charge is 0.494 e. The van der Waals surface area contributed by atoms with Gasteiger partial charge in [0.1, 0.15) is 23.8 Å². The molecule has 1 N–H and O–H groups in total. The molecule has 0 bridgehead atoms. The molecule has 1 amide bonds. The van der Waals surface area contributed by atoms with E-state index < -0.39 is 0 Å². The molecule has 2 aliphatic rings. The lowest BCUT2D eigenvalue weighted by atomic mass is 9.95. The molecular weight excluding hydrogens is 546 g/mol. The Bertz CT molecular complexity index is 1730. The standard InChI is InChI=1S/C35H34ClN3O3/c36-21-26-22-39(32-20-33(42-23-24-8-2-1-3-9-24)28-10-4-5-11-29(28)34(26)32)35(40)31-19-25-18-27(12-13-30(25)37-31)41-17-7-16-38-14-6-15-38/h1-5,8-13,18-20,26,37H,6-7,14-17,21-23H2/t26-/m1/s1. The van der Waals surface area contributed by atoms with Gasteiger partial charge in [-0.25, -0.2) is 0 Å². The zero-order valence-corrected chi connectivity index (χ0v) is 24.3. The summed E-state index contributed by atoms with van der Waals surface area (Å²) in [5, 5.41) is 3.06. The molecule has 1 fully saturated rings. The number of ether oxygens (including phenoxy) is 2. The fourth-order valence-electron chi connectivity index (χ4n) is 6.13. The number of fused-ring (bicyclic) bond motifs is 4. The molecule has 4 aromatic carbocycles. The number of likely N-dealkylation sites (tertiary alicyclic amines) is 1. The van der Waals surface area contributed by atoms with Crippen LogP contribution < -0.4 is 14.4 Å². The summed E-state index contributed by atoms with van der Waals surface area (Å²) in [6.45, 7) is 5.14. The molecule has 1 saturated heterocycles. The Labute approximate surface area is 250 Å². The van der Waals surface area contributed by atoms with Gasteiger partial charge in [0.25, 0.3) is 5.91 Å². The highest BCUT2D eigenvalue weighted by Crippen LogP contribution is 2.46. The number of amides is 1. The van der Waals surface area contributed by atoms with Gasteiger partial charge in [0.2, 0.25) is 0 Å². The zero-order chi connectivity index (χ0) is 28.5. The van der Waals surface area contributed by atoms with E-state index in [2.05, 4.69) is 34.1 Å². The van der Waals surface area contributed by atoms with Crippen LogP contribution in [-0.4, -0.2) is 54.5 Å². The highest BCUT2D eigenvalue weighted by atomic mass is 35.5. The maximum absolute atomic E-state index is 14.0. The average molecular weight is 580 g/mol. The molecule has 214 valence electrons. The molecule has 0 unspecified atom stereocenters. The first-order chi connectivity index (χ1) is 20.7. The fourth-order valence-corrected chi connectivity index (χ4v) is 6.38. The Kier molecular flexibility index (Phi) is 7.49. The van der Waals surface area contributed by atoms with Crippen LogP contribution in [0.1, 0.15) is 40.4 Å². The molecule has 0 aliphatic carbocycles. The van der Waals surface area contributed by atoms with Crippen molar-refractivity contribution in [3.8, 4) is 11.5 Å². The zero-order valence-electron chi connectivity index (χ0n) is 23.5. The van der Waals surface area contributed by atoms with Crippen molar-refractivity contribution in [3.63, 3.8) is 0 Å². The number of rotatable bonds is 10. The predicted octanol–water partition coefficient (Wildman–Crippen LogP) is 7.36. The van der Waals surface area contributed by atoms with Crippen molar-refractivity contribution in [2.24, 2.45) is 0 Å². The number of hydrogen-bond acceptors (Lipinski definition) is 4. The van der Waals surface area contributed by atoms with Gasteiger partial charge < -0.3 is 24.3 Å². The van der Waals surface area contributed by atoms with Crippen molar-refractivity contribution in [2.75, 3.05) is 43.6 Å². The smallest absolute Gasteiger partial charge is 0.274 e. The van der Waals surface area contributed by atoms with Gasteiger partial charge in [-0.3, -0.25) is 4.79 Å². The van der Waals surface area contributed by atoms with Crippen LogP contribution in [0.4, 0.5) is 5.69 Å². The summed E-state index contributed by atoms with van der Waals surface area (Å²) in [7, 11) is 0. The fraction of sp³-hybridized carbons (Fsp3) is 0.286. The molecule has 1 aromatic heterocycles. The third-order valence-electron chi connectivity index (χ3n) is 8.46. The number of H-pyrrole nitrogens is 1. The van der Waals surface area contributed by atoms with E-state index in [9.17, 15) is 4.79 Å². The van der Waals surface area contributed by atoms with E-state index in [1.165, 1.54) is 19.5 Å². The van der Waals surface area contributed by atoms with Gasteiger partial charge in [0.05, 0.1) is 12.3 Å². The number of halogens is 1. The van der Waals surface area contributed by atoms with Gasteiger partial charge in [-0.2, -0.15) is 0 Å². The lowest BCUT2D eigenvalue weighted by Gasteiger charge is -2.30. The van der Waals surface area contributed by atoms with Gasteiger partial charge in [0.15, 0.2) is 0 Å². The van der Waals surface area contributed by atoms with E-state index in [1.807, 2.05) is 65.6 Å². The van der Waals surface area contributed by atoms with Crippen LogP contribution in [0, 0.1) is 0 Å². The topological polar surface area (TPSA) is 57.8 Å². The van der Waals surface area contributed by atoms with Gasteiger partial charge in [-0.1, -0.05) is 54.6 Å². The SMILES string of the molecule is O=C(c1cc2cc(OCCCN3CCC3)ccc2[nH]1)N1C[C@@H](CCl)c2c1cc(OCc1ccccc1)c1ccccc21. The van der Waals surface area contributed by atoms with E-state index >= 15 is 0 Å². The molecule has 0 spiro atoms. The van der Waals surface area contributed by atoms with Gasteiger partial charge in [-0.05, 0) is 66.7 Å². The summed E-state index contributed by atoms with van der Waals surface area (Å²) in [5.41, 5.74) is 4.50. The van der Waals surface area contributed by atoms with Crippen LogP contribution in [-0.2, 0) is 6.61 Å². The summed E-state index contributed by atoms with van der Waals surface area (Å²) in [6.07, 6.45) is 2.32. The Morgan fingerprint density at radius 2 is 1.74 bits per heavy atom. The van der Waals surface area contributed by atoms with Gasteiger partial charge >= 0.3 is 0 Å². The van der Waals surface area contributed by atoms with Gasteiger partial charge in [0, 0.05) is 47.2 Å². The molecule has 0 radical (unpaired) electrons. The number of alkyl halides is 1. The minimum Gasteiger partial charge on any atom is -0.494 e. The van der Waals surface area contributed by atoms with E-state index in [1.54, 1.807) is 0 Å². The molecule has 3 heterocycles. The lowest BCUT2D eigenvalue weighted by molar-refractivity contribution is 0.0984. The van der Waals surface area contributed by atoms with Crippen LogP contribution in [0.25, 0.3) is 21.7 Å². The van der Waals surface area contributed by atoms with E-state index in [0.29, 0.717) is 31.3 Å². The summed E-state index contributed by atoms with van der Waals surface area (Å²) >= 11 is 6.50. The third-order valence-corrected chi connectivity index (χ3v) is 8.83. The van der Waals surface area contributed by atoms with Crippen molar-refractivity contribution in [1.29, 1.82) is 0 Å². The molecular formula is C35H34ClN3O3. The Morgan fingerprint density at radius 3 is 2.52 bits per heavy atom. The monoisotopic (exact) mass is 579 g/mol. The van der Waals surface area contributed by atoms with Crippen LogP contribution in [0.2, 0.25) is 0 Å². The van der Waals surface area contributed by atoms with E-state index in [4.69, 9.17) is 21.1 Å². The molecule has 42 heavy (non-hydrogen) atoms. The van der Waals surface area contributed by atoms with Crippen molar-refractivity contribution >= 4 is 44.9 Å². The number of nitrogens with one attached hydrogen (secondary N) is 1. The molecule has 7 rings (SSSR count). The molecule has 6 nitrogen and oxygen atoms in total. The van der Waals surface area contributed by atoms with Crippen LogP contribution in [0.5, 0.6) is 11.5 Å². The maximum atomic E-state index is 14.0. The minimum absolute atomic E-state index is 0.0272. The average Bonchev–Trinajstić information content (AvgIpc) is 3.60. The van der Waals surface area contributed by atoms with Crippen molar-refractivity contribution < 1.29 is 14.3 Å². The lowest BCUT2D eigenvalue weighted by Crippen LogP contribution is -2.38. The number of benzene rings is 4. The molecule has 5 aromatic rings. The maximum Gasteiger partial charge on any atom is 0.274 e. The number of aromatic amines is 1. The van der Waals surface area contributed by atoms with Crippen molar-refractivity contribution in [1.82, 2.24) is 9.88 Å². The number of nitrogens with zero attached hydrogens (tertiary/aromatic N) is 2. The number of anilines is 1. The van der Waals surface area contributed by atoms with Crippen molar-refractivity contribution in [2.45, 2.75) is 25.4 Å². The van der Waals surface area contributed by atoms with E-state index in [0.717, 1.165) is 63.0 Å². The van der Waals surface area contributed by atoms with Crippen LogP contribution >= 0.6 is 11.6 Å². The Hall–Kier alpha value is -4.00. The number of hydrogen-bond donors (Lipinski definition) is 1. The second kappa shape index (κ2) is 11.7. The Morgan fingerprint density at radius 1 is 0.929 bits per heavy atom. The first kappa shape index (κ1) is 26.9. The summed E-state index contributed by atoms with van der Waals surface area (Å²) in [4.78, 5) is 21.7. The second-order valence-corrected chi connectivity index (χ2v) is 11.5. The first-order valence-corrected chi connectivity index (χ1v) is 15.3. The molecule has 0 saturated carbocycles. The van der Waals surface area contributed by atoms with Crippen molar-refractivity contribution in [3.05, 3.63) is 102 Å². The highest BCUT2D eigenvalue weighted by molar-refractivity contribution is 6.19. The number of carbonyl (C=O) groups excluding carboxylic acids is 1.